The first-order valence-electron chi connectivity index (χ1n) is 8.43. The molecule has 0 aliphatic heterocycles. The zero-order chi connectivity index (χ0) is 20.0. The summed E-state index contributed by atoms with van der Waals surface area (Å²) in [4.78, 5) is 24.7. The molecule has 2 aromatic carbocycles. The van der Waals surface area contributed by atoms with E-state index in [9.17, 15) is 18.0 Å². The lowest BCUT2D eigenvalue weighted by atomic mass is 10.2. The summed E-state index contributed by atoms with van der Waals surface area (Å²) in [5.41, 5.74) is 1.53. The number of aliphatic carboxylic acids is 1. The Hall–Kier alpha value is -2.87. The van der Waals surface area contributed by atoms with Gasteiger partial charge in [-0.1, -0.05) is 30.7 Å². The zero-order valence-electron chi connectivity index (χ0n) is 15.2. The molecule has 0 aromatic heterocycles. The van der Waals surface area contributed by atoms with Gasteiger partial charge in [0.1, 0.15) is 6.54 Å². The standard InChI is InChI=1S/C19H22N2O5S/c1-3-11-21(13-18(22)23)19(24)15-5-4-6-17(12-15)27(25,26)20-16-9-7-14(2)8-10-16/h4-10,12,20H,3,11,13H2,1-2H3,(H,22,23). The summed E-state index contributed by atoms with van der Waals surface area (Å²) in [6.07, 6.45) is 0.589. The van der Waals surface area contributed by atoms with Gasteiger partial charge in [-0.3, -0.25) is 14.3 Å². The Bertz CT molecular complexity index is 923. The highest BCUT2D eigenvalue weighted by molar-refractivity contribution is 7.92. The fourth-order valence-electron chi connectivity index (χ4n) is 2.50. The van der Waals surface area contributed by atoms with Gasteiger partial charge < -0.3 is 10.0 Å². The number of nitrogens with zero attached hydrogens (tertiary/aromatic N) is 1. The third kappa shape index (κ3) is 5.55. The van der Waals surface area contributed by atoms with E-state index in [-0.39, 0.29) is 17.0 Å². The van der Waals surface area contributed by atoms with Crippen molar-refractivity contribution in [2.24, 2.45) is 0 Å². The van der Waals surface area contributed by atoms with Crippen molar-refractivity contribution in [2.75, 3.05) is 17.8 Å². The molecule has 0 aliphatic carbocycles. The molecular weight excluding hydrogens is 368 g/mol. The van der Waals surface area contributed by atoms with Gasteiger partial charge in [0.15, 0.2) is 0 Å². The van der Waals surface area contributed by atoms with Crippen molar-refractivity contribution in [1.82, 2.24) is 4.90 Å². The number of carboxylic acids is 1. The Morgan fingerprint density at radius 2 is 1.78 bits per heavy atom. The van der Waals surface area contributed by atoms with Crippen LogP contribution >= 0.6 is 0 Å². The molecule has 0 aliphatic rings. The van der Waals surface area contributed by atoms with E-state index in [1.54, 1.807) is 24.3 Å². The Morgan fingerprint density at radius 3 is 2.37 bits per heavy atom. The maximum atomic E-state index is 12.6. The Balaban J connectivity index is 2.28. The number of benzene rings is 2. The van der Waals surface area contributed by atoms with E-state index < -0.39 is 28.4 Å². The van der Waals surface area contributed by atoms with Crippen LogP contribution in [0.25, 0.3) is 0 Å². The van der Waals surface area contributed by atoms with Crippen LogP contribution in [0.4, 0.5) is 5.69 Å². The highest BCUT2D eigenvalue weighted by atomic mass is 32.2. The minimum absolute atomic E-state index is 0.0688. The summed E-state index contributed by atoms with van der Waals surface area (Å²) in [5, 5.41) is 8.97. The number of carboxylic acid groups (broad SMARTS) is 1. The molecule has 0 spiro atoms. The predicted molar refractivity (Wildman–Crippen MR) is 102 cm³/mol. The first kappa shape index (κ1) is 20.4. The van der Waals surface area contributed by atoms with Gasteiger partial charge in [0, 0.05) is 17.8 Å². The predicted octanol–water partition coefficient (Wildman–Crippen LogP) is 2.73. The molecule has 2 aromatic rings. The van der Waals surface area contributed by atoms with E-state index in [2.05, 4.69) is 4.72 Å². The Labute approximate surface area is 158 Å². The average molecular weight is 390 g/mol. The van der Waals surface area contributed by atoms with E-state index in [0.717, 1.165) is 5.56 Å². The average Bonchev–Trinajstić information content (AvgIpc) is 2.62. The molecule has 8 heteroatoms. The first-order chi connectivity index (χ1) is 12.7. The van der Waals surface area contributed by atoms with Gasteiger partial charge in [-0.2, -0.15) is 0 Å². The second-order valence-electron chi connectivity index (χ2n) is 6.12. The van der Waals surface area contributed by atoms with Crippen molar-refractivity contribution < 1.29 is 23.1 Å². The van der Waals surface area contributed by atoms with Crippen LogP contribution in [0.2, 0.25) is 0 Å². The SMILES string of the molecule is CCCN(CC(=O)O)C(=O)c1cccc(S(=O)(=O)Nc2ccc(C)cc2)c1. The van der Waals surface area contributed by atoms with E-state index in [1.165, 1.54) is 29.2 Å². The molecule has 0 atom stereocenters. The molecule has 0 unspecified atom stereocenters. The van der Waals surface area contributed by atoms with Gasteiger partial charge in [-0.05, 0) is 43.7 Å². The van der Waals surface area contributed by atoms with Crippen molar-refractivity contribution in [3.05, 3.63) is 59.7 Å². The molecule has 0 radical (unpaired) electrons. The van der Waals surface area contributed by atoms with Gasteiger partial charge >= 0.3 is 5.97 Å². The normalized spacial score (nSPS) is 11.0. The fourth-order valence-corrected chi connectivity index (χ4v) is 3.60. The van der Waals surface area contributed by atoms with E-state index >= 15 is 0 Å². The minimum atomic E-state index is -3.88. The second kappa shape index (κ2) is 8.68. The summed E-state index contributed by atoms with van der Waals surface area (Å²) in [6.45, 7) is 3.55. The van der Waals surface area contributed by atoms with Crippen LogP contribution in [-0.2, 0) is 14.8 Å². The number of nitrogens with one attached hydrogen (secondary N) is 1. The number of hydrogen-bond donors (Lipinski definition) is 2. The number of hydrogen-bond acceptors (Lipinski definition) is 4. The summed E-state index contributed by atoms with van der Waals surface area (Å²) < 4.78 is 27.7. The van der Waals surface area contributed by atoms with Gasteiger partial charge in [0.05, 0.1) is 4.90 Å². The number of anilines is 1. The Morgan fingerprint density at radius 1 is 1.11 bits per heavy atom. The van der Waals surface area contributed by atoms with Crippen molar-refractivity contribution in [1.29, 1.82) is 0 Å². The summed E-state index contributed by atoms with van der Waals surface area (Å²) in [5.74, 6) is -1.65. The van der Waals surface area contributed by atoms with Crippen LogP contribution in [0, 0.1) is 6.92 Å². The monoisotopic (exact) mass is 390 g/mol. The third-order valence-corrected chi connectivity index (χ3v) is 5.18. The van der Waals surface area contributed by atoms with Gasteiger partial charge in [-0.25, -0.2) is 8.42 Å². The lowest BCUT2D eigenvalue weighted by molar-refractivity contribution is -0.137. The van der Waals surface area contributed by atoms with E-state index in [4.69, 9.17) is 5.11 Å². The number of amides is 1. The molecule has 0 heterocycles. The van der Waals surface area contributed by atoms with Crippen molar-refractivity contribution >= 4 is 27.6 Å². The van der Waals surface area contributed by atoms with Crippen molar-refractivity contribution in [3.63, 3.8) is 0 Å². The maximum Gasteiger partial charge on any atom is 0.323 e. The van der Waals surface area contributed by atoms with E-state index in [0.29, 0.717) is 12.1 Å². The highest BCUT2D eigenvalue weighted by Gasteiger charge is 2.21. The van der Waals surface area contributed by atoms with Crippen LogP contribution in [0.1, 0.15) is 29.3 Å². The first-order valence-corrected chi connectivity index (χ1v) is 9.92. The highest BCUT2D eigenvalue weighted by Crippen LogP contribution is 2.18. The molecular formula is C19H22N2O5S. The third-order valence-electron chi connectivity index (χ3n) is 3.80. The second-order valence-corrected chi connectivity index (χ2v) is 7.80. The van der Waals surface area contributed by atoms with E-state index in [1.807, 2.05) is 13.8 Å². The summed E-state index contributed by atoms with van der Waals surface area (Å²) >= 11 is 0. The van der Waals surface area contributed by atoms with Gasteiger partial charge in [0.2, 0.25) is 0 Å². The Kier molecular flexibility index (Phi) is 6.57. The number of carbonyl (C=O) groups excluding carboxylic acids is 1. The molecule has 0 bridgehead atoms. The molecule has 27 heavy (non-hydrogen) atoms. The fraction of sp³-hybridized carbons (Fsp3) is 0.263. The van der Waals surface area contributed by atoms with Crippen LogP contribution in [0.5, 0.6) is 0 Å². The van der Waals surface area contributed by atoms with Crippen molar-refractivity contribution in [3.8, 4) is 0 Å². The quantitative estimate of drug-likeness (QED) is 0.721. The maximum absolute atomic E-state index is 12.6. The molecule has 0 fully saturated rings. The number of aryl methyl sites for hydroxylation is 1. The molecule has 1 amide bonds. The van der Waals surface area contributed by atoms with Crippen molar-refractivity contribution in [2.45, 2.75) is 25.2 Å². The smallest absolute Gasteiger partial charge is 0.323 e. The molecule has 0 saturated carbocycles. The number of sulfonamides is 1. The van der Waals surface area contributed by atoms with Crippen LogP contribution < -0.4 is 4.72 Å². The summed E-state index contributed by atoms with van der Waals surface area (Å²) in [7, 11) is -3.88. The number of carbonyl (C=O) groups is 2. The molecule has 144 valence electrons. The number of rotatable bonds is 8. The molecule has 0 saturated heterocycles. The minimum Gasteiger partial charge on any atom is -0.480 e. The lowest BCUT2D eigenvalue weighted by Gasteiger charge is -2.20. The summed E-state index contributed by atoms with van der Waals surface area (Å²) in [6, 6.07) is 12.4. The van der Waals surface area contributed by atoms with Gasteiger partial charge in [-0.15, -0.1) is 0 Å². The molecule has 7 nitrogen and oxygen atoms in total. The van der Waals surface area contributed by atoms with Gasteiger partial charge in [0.25, 0.3) is 15.9 Å². The molecule has 2 N–H and O–H groups in total. The largest absolute Gasteiger partial charge is 0.480 e. The lowest BCUT2D eigenvalue weighted by Crippen LogP contribution is -2.36. The van der Waals surface area contributed by atoms with Crippen LogP contribution in [0.3, 0.4) is 0 Å². The molecule has 2 rings (SSSR count). The zero-order valence-corrected chi connectivity index (χ0v) is 16.0. The van der Waals surface area contributed by atoms with Crippen LogP contribution in [-0.4, -0.2) is 43.4 Å². The van der Waals surface area contributed by atoms with Crippen LogP contribution in [0.15, 0.2) is 53.4 Å². The topological polar surface area (TPSA) is 104 Å².